The lowest BCUT2D eigenvalue weighted by Crippen LogP contribution is -2.44. The summed E-state index contributed by atoms with van der Waals surface area (Å²) in [5, 5.41) is 4.13. The highest BCUT2D eigenvalue weighted by atomic mass is 32.2. The third kappa shape index (κ3) is 5.43. The van der Waals surface area contributed by atoms with Gasteiger partial charge in [-0.25, -0.2) is 13.8 Å². The van der Waals surface area contributed by atoms with Crippen molar-refractivity contribution in [1.82, 2.24) is 16.0 Å². The molecule has 0 bridgehead atoms. The van der Waals surface area contributed by atoms with Crippen LogP contribution >= 0.6 is 0 Å². The number of benzene rings is 1. The lowest BCUT2D eigenvalue weighted by molar-refractivity contribution is -0.147. The number of aromatic nitrogens is 1. The van der Waals surface area contributed by atoms with Crippen LogP contribution in [0.4, 0.5) is 24.5 Å². The van der Waals surface area contributed by atoms with E-state index in [0.29, 0.717) is 6.07 Å². The summed E-state index contributed by atoms with van der Waals surface area (Å²) < 4.78 is 78.1. The van der Waals surface area contributed by atoms with Gasteiger partial charge in [-0.1, -0.05) is 5.16 Å². The van der Waals surface area contributed by atoms with Crippen LogP contribution in [0.25, 0.3) is 0 Å². The first-order valence-corrected chi connectivity index (χ1v) is 11.1. The number of nitrogens with zero attached hydrogens (tertiary/aromatic N) is 1. The SMILES string of the molecule is CCOC(=O)C1CNNC1S(=O)(=O)Nc1ccc(NC(=O)c2cnoc2C)cc1C(F)(F)F. The number of hydrazine groups is 1. The van der Waals surface area contributed by atoms with Crippen LogP contribution in [0.5, 0.6) is 0 Å². The average Bonchev–Trinajstić information content (AvgIpc) is 3.38. The summed E-state index contributed by atoms with van der Waals surface area (Å²) in [6.07, 6.45) is -3.85. The maximum absolute atomic E-state index is 13.7. The van der Waals surface area contributed by atoms with Gasteiger partial charge in [-0.2, -0.15) is 13.2 Å². The molecule has 2 heterocycles. The first-order chi connectivity index (χ1) is 15.4. The summed E-state index contributed by atoms with van der Waals surface area (Å²) in [5.74, 6) is -2.58. The molecule has 1 amide bonds. The number of halogens is 3. The zero-order valence-corrected chi connectivity index (χ0v) is 18.1. The van der Waals surface area contributed by atoms with Gasteiger partial charge in [-0.05, 0) is 32.0 Å². The number of ether oxygens (including phenoxy) is 1. The van der Waals surface area contributed by atoms with Crippen molar-refractivity contribution >= 4 is 33.3 Å². The van der Waals surface area contributed by atoms with Gasteiger partial charge in [0.2, 0.25) is 0 Å². The highest BCUT2D eigenvalue weighted by Crippen LogP contribution is 2.37. The minimum Gasteiger partial charge on any atom is -0.466 e. The van der Waals surface area contributed by atoms with Crippen LogP contribution in [-0.4, -0.2) is 44.0 Å². The summed E-state index contributed by atoms with van der Waals surface area (Å²) in [6, 6.07) is 2.54. The second-order valence-corrected chi connectivity index (χ2v) is 8.76. The average molecular weight is 491 g/mol. The Morgan fingerprint density at radius 1 is 1.33 bits per heavy atom. The van der Waals surface area contributed by atoms with E-state index in [0.717, 1.165) is 18.3 Å². The smallest absolute Gasteiger partial charge is 0.418 e. The number of esters is 1. The van der Waals surface area contributed by atoms with Crippen LogP contribution in [0.15, 0.2) is 28.9 Å². The van der Waals surface area contributed by atoms with Crippen molar-refractivity contribution in [3.05, 3.63) is 41.3 Å². The van der Waals surface area contributed by atoms with Crippen molar-refractivity contribution < 1.29 is 40.4 Å². The van der Waals surface area contributed by atoms with Gasteiger partial charge >= 0.3 is 12.1 Å². The van der Waals surface area contributed by atoms with Crippen molar-refractivity contribution in [2.24, 2.45) is 5.92 Å². The lowest BCUT2D eigenvalue weighted by atomic mass is 10.1. The summed E-state index contributed by atoms with van der Waals surface area (Å²) in [5.41, 5.74) is 2.53. The Labute approximate surface area is 186 Å². The molecule has 2 aromatic rings. The monoisotopic (exact) mass is 491 g/mol. The van der Waals surface area contributed by atoms with Gasteiger partial charge in [0.15, 0.2) is 5.37 Å². The summed E-state index contributed by atoms with van der Waals surface area (Å²) in [6.45, 7) is 2.91. The molecule has 2 atom stereocenters. The second-order valence-electron chi connectivity index (χ2n) is 6.96. The van der Waals surface area contributed by atoms with Crippen molar-refractivity contribution in [2.45, 2.75) is 25.4 Å². The molecule has 1 saturated heterocycles. The fourth-order valence-corrected chi connectivity index (χ4v) is 4.59. The molecule has 1 fully saturated rings. The van der Waals surface area contributed by atoms with E-state index in [-0.39, 0.29) is 30.2 Å². The molecule has 11 nitrogen and oxygen atoms in total. The molecule has 1 aromatic carbocycles. The molecule has 1 aliphatic rings. The van der Waals surface area contributed by atoms with Crippen LogP contribution in [0.2, 0.25) is 0 Å². The van der Waals surface area contributed by atoms with E-state index >= 15 is 0 Å². The minimum absolute atomic E-state index is 0.00927. The number of rotatable bonds is 7. The van der Waals surface area contributed by atoms with E-state index in [1.165, 1.54) is 13.8 Å². The normalized spacial score (nSPS) is 18.7. The number of carbonyl (C=O) groups is 2. The standard InChI is InChI=1S/C18H20F3N5O6S/c1-3-31-17(28)12-7-22-25-16(12)33(29,30)26-14-5-4-10(6-13(14)18(19,20)21)24-15(27)11-8-23-32-9(11)2/h4-6,8,12,16,22,25-26H,3,7H2,1-2H3,(H,24,27). The molecule has 180 valence electrons. The number of amides is 1. The third-order valence-corrected chi connectivity index (χ3v) is 6.31. The van der Waals surface area contributed by atoms with Gasteiger partial charge < -0.3 is 14.6 Å². The molecule has 0 saturated carbocycles. The molecule has 0 radical (unpaired) electrons. The lowest BCUT2D eigenvalue weighted by Gasteiger charge is -2.21. The van der Waals surface area contributed by atoms with Crippen molar-refractivity contribution in [1.29, 1.82) is 0 Å². The van der Waals surface area contributed by atoms with Crippen LogP contribution in [0, 0.1) is 12.8 Å². The van der Waals surface area contributed by atoms with Gasteiger partial charge in [-0.3, -0.25) is 19.7 Å². The van der Waals surface area contributed by atoms with Gasteiger partial charge in [0.1, 0.15) is 17.2 Å². The highest BCUT2D eigenvalue weighted by Gasteiger charge is 2.44. The number of aryl methyl sites for hydroxylation is 1. The Morgan fingerprint density at radius 3 is 2.67 bits per heavy atom. The van der Waals surface area contributed by atoms with Crippen molar-refractivity contribution in [3.63, 3.8) is 0 Å². The van der Waals surface area contributed by atoms with E-state index in [1.54, 1.807) is 0 Å². The van der Waals surface area contributed by atoms with Gasteiger partial charge in [-0.15, -0.1) is 0 Å². The van der Waals surface area contributed by atoms with Crippen molar-refractivity contribution in [2.75, 3.05) is 23.2 Å². The number of hydrogen-bond acceptors (Lipinski definition) is 9. The van der Waals surface area contributed by atoms with Gasteiger partial charge in [0.05, 0.1) is 24.1 Å². The fraction of sp³-hybridized carbons (Fsp3) is 0.389. The maximum atomic E-state index is 13.7. The summed E-state index contributed by atoms with van der Waals surface area (Å²) in [7, 11) is -4.52. The van der Waals surface area contributed by atoms with Crippen LogP contribution in [0.3, 0.4) is 0 Å². The molecule has 0 aliphatic carbocycles. The zero-order valence-electron chi connectivity index (χ0n) is 17.3. The zero-order chi connectivity index (χ0) is 24.4. The fourth-order valence-electron chi connectivity index (χ4n) is 3.10. The van der Waals surface area contributed by atoms with Crippen molar-refractivity contribution in [3.8, 4) is 0 Å². The summed E-state index contributed by atoms with van der Waals surface area (Å²) in [4.78, 5) is 24.3. The first-order valence-electron chi connectivity index (χ1n) is 9.54. The number of carbonyl (C=O) groups excluding carboxylic acids is 2. The molecule has 1 aromatic heterocycles. The van der Waals surface area contributed by atoms with E-state index in [9.17, 15) is 31.2 Å². The topological polar surface area (TPSA) is 152 Å². The largest absolute Gasteiger partial charge is 0.466 e. The number of nitrogens with one attached hydrogen (secondary N) is 4. The Bertz CT molecular complexity index is 1150. The number of anilines is 2. The minimum atomic E-state index is -4.96. The van der Waals surface area contributed by atoms with Crippen LogP contribution in [0.1, 0.15) is 28.6 Å². The predicted molar refractivity (Wildman–Crippen MR) is 108 cm³/mol. The molecule has 1 aliphatic heterocycles. The molecule has 0 spiro atoms. The number of hydrogen-bond donors (Lipinski definition) is 4. The van der Waals surface area contributed by atoms with E-state index in [4.69, 9.17) is 9.26 Å². The molecule has 4 N–H and O–H groups in total. The second kappa shape index (κ2) is 9.36. The predicted octanol–water partition coefficient (Wildman–Crippen LogP) is 1.61. The molecule has 15 heteroatoms. The Kier molecular flexibility index (Phi) is 6.94. The molecule has 33 heavy (non-hydrogen) atoms. The third-order valence-electron chi connectivity index (χ3n) is 4.69. The molecule has 2 unspecified atom stereocenters. The molecular formula is C18H20F3N5O6S. The Morgan fingerprint density at radius 2 is 2.06 bits per heavy atom. The molecule has 3 rings (SSSR count). The number of sulfonamides is 1. The van der Waals surface area contributed by atoms with Gasteiger partial charge in [0, 0.05) is 12.2 Å². The summed E-state index contributed by atoms with van der Waals surface area (Å²) >= 11 is 0. The Balaban J connectivity index is 1.87. The first kappa shape index (κ1) is 24.5. The highest BCUT2D eigenvalue weighted by molar-refractivity contribution is 7.93. The maximum Gasteiger partial charge on any atom is 0.418 e. The van der Waals surface area contributed by atoms with E-state index < -0.39 is 50.6 Å². The Hall–Kier alpha value is -3.17. The van der Waals surface area contributed by atoms with Gasteiger partial charge in [0.25, 0.3) is 15.9 Å². The quantitative estimate of drug-likeness (QED) is 0.423. The van der Waals surface area contributed by atoms with Crippen LogP contribution < -0.4 is 20.9 Å². The van der Waals surface area contributed by atoms with E-state index in [2.05, 4.69) is 21.3 Å². The van der Waals surface area contributed by atoms with E-state index in [1.807, 2.05) is 4.72 Å². The molecular weight excluding hydrogens is 471 g/mol. The van der Waals surface area contributed by atoms with Crippen LogP contribution in [-0.2, 0) is 25.7 Å². The number of alkyl halides is 3.